The van der Waals surface area contributed by atoms with Gasteiger partial charge in [0.1, 0.15) is 6.07 Å². The third kappa shape index (κ3) is 4.48. The number of nitrogens with zero attached hydrogens (tertiary/aromatic N) is 3. The largest absolute Gasteiger partial charge is 0.262 e. The number of aromatic nitrogens is 1. The standard InChI is InChI=1S/C22H20ClN3O2S/c1-16-20(13-24)22(25-17(2)21(16)23)29(27,28)26(14-18-9-5-3-6-10-18)15-19-11-7-4-8-12-19/h3-12H,14-15H2,1-2H3. The van der Waals surface area contributed by atoms with Crippen molar-refractivity contribution in [1.29, 1.82) is 5.26 Å². The van der Waals surface area contributed by atoms with Gasteiger partial charge in [0.05, 0.1) is 16.3 Å². The van der Waals surface area contributed by atoms with Gasteiger partial charge in [-0.05, 0) is 30.5 Å². The molecule has 0 saturated carbocycles. The molecule has 0 aliphatic heterocycles. The molecular weight excluding hydrogens is 406 g/mol. The van der Waals surface area contributed by atoms with Crippen LogP contribution < -0.4 is 0 Å². The van der Waals surface area contributed by atoms with E-state index in [1.54, 1.807) is 13.8 Å². The summed E-state index contributed by atoms with van der Waals surface area (Å²) in [6, 6.07) is 20.6. The Morgan fingerprint density at radius 2 is 1.45 bits per heavy atom. The van der Waals surface area contributed by atoms with Crippen LogP contribution in [0.2, 0.25) is 5.02 Å². The van der Waals surface area contributed by atoms with Gasteiger partial charge >= 0.3 is 0 Å². The Kier molecular flexibility index (Phi) is 6.33. The maximum Gasteiger partial charge on any atom is 0.262 e. The minimum absolute atomic E-state index is 0.0216. The zero-order valence-corrected chi connectivity index (χ0v) is 17.7. The van der Waals surface area contributed by atoms with Crippen molar-refractivity contribution in [1.82, 2.24) is 9.29 Å². The van der Waals surface area contributed by atoms with Gasteiger partial charge in [-0.2, -0.15) is 9.57 Å². The number of rotatable bonds is 6. The molecule has 7 heteroatoms. The van der Waals surface area contributed by atoms with Crippen molar-refractivity contribution in [3.05, 3.63) is 93.6 Å². The molecule has 1 aromatic heterocycles. The van der Waals surface area contributed by atoms with Crippen LogP contribution in [0.15, 0.2) is 65.7 Å². The molecule has 0 amide bonds. The molecule has 0 fully saturated rings. The molecule has 0 saturated heterocycles. The van der Waals surface area contributed by atoms with Crippen molar-refractivity contribution in [3.8, 4) is 6.07 Å². The molecule has 0 spiro atoms. The van der Waals surface area contributed by atoms with Crippen LogP contribution in [0, 0.1) is 25.2 Å². The highest BCUT2D eigenvalue weighted by molar-refractivity contribution is 7.89. The fourth-order valence-electron chi connectivity index (χ4n) is 3.04. The van der Waals surface area contributed by atoms with E-state index in [9.17, 15) is 13.7 Å². The van der Waals surface area contributed by atoms with Gasteiger partial charge in [0, 0.05) is 13.1 Å². The number of sulfonamides is 1. The molecule has 0 bridgehead atoms. The van der Waals surface area contributed by atoms with Crippen LogP contribution in [0.25, 0.3) is 0 Å². The van der Waals surface area contributed by atoms with Crippen molar-refractivity contribution in [2.75, 3.05) is 0 Å². The lowest BCUT2D eigenvalue weighted by Crippen LogP contribution is -2.32. The Balaban J connectivity index is 2.12. The van der Waals surface area contributed by atoms with E-state index in [2.05, 4.69) is 4.98 Å². The van der Waals surface area contributed by atoms with Crippen LogP contribution in [0.1, 0.15) is 27.9 Å². The molecule has 1 heterocycles. The maximum atomic E-state index is 13.6. The third-order valence-electron chi connectivity index (χ3n) is 4.60. The zero-order valence-electron chi connectivity index (χ0n) is 16.1. The van der Waals surface area contributed by atoms with E-state index in [0.29, 0.717) is 16.3 Å². The molecule has 3 aromatic rings. The number of pyridine rings is 1. The zero-order chi connectivity index (χ0) is 21.0. The lowest BCUT2D eigenvalue weighted by atomic mass is 10.1. The van der Waals surface area contributed by atoms with Gasteiger partial charge in [-0.1, -0.05) is 72.3 Å². The number of hydrogen-bond donors (Lipinski definition) is 0. The van der Waals surface area contributed by atoms with Crippen LogP contribution in [-0.4, -0.2) is 17.7 Å². The Hall–Kier alpha value is -2.72. The number of aryl methyl sites for hydroxylation is 1. The molecule has 0 aliphatic carbocycles. The van der Waals surface area contributed by atoms with E-state index < -0.39 is 10.0 Å². The fourth-order valence-corrected chi connectivity index (χ4v) is 4.77. The van der Waals surface area contributed by atoms with E-state index in [4.69, 9.17) is 11.6 Å². The Labute approximate surface area is 176 Å². The summed E-state index contributed by atoms with van der Waals surface area (Å²) in [7, 11) is -4.06. The number of halogens is 1. The first-order valence-electron chi connectivity index (χ1n) is 8.99. The van der Waals surface area contributed by atoms with Crippen LogP contribution in [0.4, 0.5) is 0 Å². The van der Waals surface area contributed by atoms with Crippen molar-refractivity contribution >= 4 is 21.6 Å². The first-order chi connectivity index (χ1) is 13.8. The summed E-state index contributed by atoms with van der Waals surface area (Å²) in [5, 5.41) is 9.65. The van der Waals surface area contributed by atoms with E-state index in [1.807, 2.05) is 66.7 Å². The summed E-state index contributed by atoms with van der Waals surface area (Å²) in [5.41, 5.74) is 2.45. The first-order valence-corrected chi connectivity index (χ1v) is 10.8. The third-order valence-corrected chi connectivity index (χ3v) is 6.88. The van der Waals surface area contributed by atoms with Gasteiger partial charge in [0.2, 0.25) is 0 Å². The highest BCUT2D eigenvalue weighted by atomic mass is 35.5. The summed E-state index contributed by atoms with van der Waals surface area (Å²) in [4.78, 5) is 4.20. The SMILES string of the molecule is Cc1nc(S(=O)(=O)N(Cc2ccccc2)Cc2ccccc2)c(C#N)c(C)c1Cl. The first kappa shape index (κ1) is 21.0. The lowest BCUT2D eigenvalue weighted by Gasteiger charge is -2.23. The second-order valence-electron chi connectivity index (χ2n) is 6.67. The quantitative estimate of drug-likeness (QED) is 0.577. The molecule has 0 N–H and O–H groups in total. The van der Waals surface area contributed by atoms with Crippen molar-refractivity contribution < 1.29 is 8.42 Å². The number of hydrogen-bond acceptors (Lipinski definition) is 4. The van der Waals surface area contributed by atoms with E-state index in [0.717, 1.165) is 11.1 Å². The van der Waals surface area contributed by atoms with Gasteiger partial charge in [0.25, 0.3) is 10.0 Å². The van der Waals surface area contributed by atoms with Crippen molar-refractivity contribution in [3.63, 3.8) is 0 Å². The normalized spacial score (nSPS) is 11.4. The molecule has 3 rings (SSSR count). The lowest BCUT2D eigenvalue weighted by molar-refractivity contribution is 0.399. The van der Waals surface area contributed by atoms with Crippen LogP contribution >= 0.6 is 11.6 Å². The minimum Gasteiger partial charge on any atom is -0.237 e. The van der Waals surface area contributed by atoms with Gasteiger partial charge in [-0.3, -0.25) is 0 Å². The fraction of sp³-hybridized carbons (Fsp3) is 0.182. The van der Waals surface area contributed by atoms with Crippen LogP contribution in [0.3, 0.4) is 0 Å². The van der Waals surface area contributed by atoms with E-state index in [1.165, 1.54) is 4.31 Å². The summed E-state index contributed by atoms with van der Waals surface area (Å²) in [6.07, 6.45) is 0. The highest BCUT2D eigenvalue weighted by Gasteiger charge is 2.31. The molecule has 0 aliphatic rings. The Bertz CT molecular complexity index is 1120. The number of nitriles is 1. The average Bonchev–Trinajstić information content (AvgIpc) is 2.73. The van der Waals surface area contributed by atoms with Crippen molar-refractivity contribution in [2.24, 2.45) is 0 Å². The Morgan fingerprint density at radius 3 is 1.90 bits per heavy atom. The second kappa shape index (κ2) is 8.75. The molecular formula is C22H20ClN3O2S. The van der Waals surface area contributed by atoms with Crippen LogP contribution in [0.5, 0.6) is 0 Å². The molecule has 0 unspecified atom stereocenters. The van der Waals surface area contributed by atoms with Gasteiger partial charge in [0.15, 0.2) is 5.03 Å². The topological polar surface area (TPSA) is 74.1 Å². The monoisotopic (exact) mass is 425 g/mol. The minimum atomic E-state index is -4.06. The molecule has 0 radical (unpaired) electrons. The molecule has 29 heavy (non-hydrogen) atoms. The number of benzene rings is 2. The van der Waals surface area contributed by atoms with Crippen LogP contribution in [-0.2, 0) is 23.1 Å². The summed E-state index contributed by atoms with van der Waals surface area (Å²) < 4.78 is 28.6. The van der Waals surface area contributed by atoms with Gasteiger partial charge in [-0.25, -0.2) is 13.4 Å². The molecule has 2 aromatic carbocycles. The average molecular weight is 426 g/mol. The summed E-state index contributed by atoms with van der Waals surface area (Å²) in [5.74, 6) is 0. The Morgan fingerprint density at radius 1 is 0.966 bits per heavy atom. The second-order valence-corrected chi connectivity index (χ2v) is 8.90. The smallest absolute Gasteiger partial charge is 0.237 e. The molecule has 0 atom stereocenters. The molecule has 5 nitrogen and oxygen atoms in total. The maximum absolute atomic E-state index is 13.6. The predicted molar refractivity (Wildman–Crippen MR) is 113 cm³/mol. The summed E-state index contributed by atoms with van der Waals surface area (Å²) >= 11 is 6.20. The van der Waals surface area contributed by atoms with Crippen molar-refractivity contribution in [2.45, 2.75) is 32.0 Å². The summed E-state index contributed by atoms with van der Waals surface area (Å²) in [6.45, 7) is 3.58. The predicted octanol–water partition coefficient (Wildman–Crippen LogP) is 4.61. The highest BCUT2D eigenvalue weighted by Crippen LogP contribution is 2.29. The van der Waals surface area contributed by atoms with Gasteiger partial charge in [-0.15, -0.1) is 0 Å². The van der Waals surface area contributed by atoms with E-state index in [-0.39, 0.29) is 23.7 Å². The molecule has 148 valence electrons. The van der Waals surface area contributed by atoms with E-state index >= 15 is 0 Å². The van der Waals surface area contributed by atoms with Gasteiger partial charge < -0.3 is 0 Å².